The molecule has 0 heterocycles. The van der Waals surface area contributed by atoms with E-state index in [4.69, 9.17) is 14.2 Å². The van der Waals surface area contributed by atoms with Gasteiger partial charge in [-0.1, -0.05) is 60.7 Å². The maximum absolute atomic E-state index is 12.8. The maximum atomic E-state index is 12.8. The highest BCUT2D eigenvalue weighted by molar-refractivity contribution is 5.97. The predicted octanol–water partition coefficient (Wildman–Crippen LogP) is 5.65. The van der Waals surface area contributed by atoms with Crippen molar-refractivity contribution in [2.45, 2.75) is 13.5 Å². The Bertz CT molecular complexity index is 1370. The number of nitrogens with one attached hydrogen (secondary N) is 1. The lowest BCUT2D eigenvalue weighted by Crippen LogP contribution is -2.18. The molecule has 4 aromatic carbocycles. The Kier molecular flexibility index (Phi) is 8.64. The average Bonchev–Trinajstić information content (AvgIpc) is 2.94. The van der Waals surface area contributed by atoms with Crippen molar-refractivity contribution in [3.63, 3.8) is 0 Å². The molecule has 37 heavy (non-hydrogen) atoms. The second-order valence-electron chi connectivity index (χ2n) is 7.86. The molecule has 1 N–H and O–H groups in total. The molecule has 7 heteroatoms. The average molecular weight is 495 g/mol. The number of carbonyl (C=O) groups is 2. The van der Waals surface area contributed by atoms with Crippen LogP contribution in [0.5, 0.6) is 17.2 Å². The van der Waals surface area contributed by atoms with Crippen molar-refractivity contribution in [3.8, 4) is 17.2 Å². The Morgan fingerprint density at radius 2 is 1.49 bits per heavy atom. The molecule has 0 atom stereocenters. The van der Waals surface area contributed by atoms with Crippen LogP contribution >= 0.6 is 0 Å². The van der Waals surface area contributed by atoms with Gasteiger partial charge in [0.25, 0.3) is 5.91 Å². The number of amides is 1. The summed E-state index contributed by atoms with van der Waals surface area (Å²) in [6.07, 6.45) is 1.48. The molecule has 0 unspecified atom stereocenters. The fraction of sp³-hybridized carbons (Fsp3) is 0.100. The van der Waals surface area contributed by atoms with Gasteiger partial charge in [-0.15, -0.1) is 0 Å². The molecule has 186 valence electrons. The van der Waals surface area contributed by atoms with E-state index in [1.54, 1.807) is 60.7 Å². The minimum absolute atomic E-state index is 0.293. The van der Waals surface area contributed by atoms with Crippen LogP contribution in [-0.4, -0.2) is 24.7 Å². The largest absolute Gasteiger partial charge is 0.490 e. The van der Waals surface area contributed by atoms with E-state index in [0.717, 1.165) is 5.56 Å². The molecular weight excluding hydrogens is 468 g/mol. The van der Waals surface area contributed by atoms with Crippen LogP contribution in [0.3, 0.4) is 0 Å². The molecule has 0 aliphatic heterocycles. The summed E-state index contributed by atoms with van der Waals surface area (Å²) < 4.78 is 17.0. The standard InChI is InChI=1S/C30H26N2O5/c1-2-35-28-19-23(17-18-27(28)37-30(34)24-13-7-4-8-14-24)20-31-32-29(33)25-15-9-10-16-26(25)36-21-22-11-5-3-6-12-22/h3-20H,2,21H2,1H3,(H,32,33). The Balaban J connectivity index is 1.41. The maximum Gasteiger partial charge on any atom is 0.343 e. The topological polar surface area (TPSA) is 86.2 Å². The number of para-hydroxylation sites is 1. The normalized spacial score (nSPS) is 10.6. The van der Waals surface area contributed by atoms with Crippen molar-refractivity contribution < 1.29 is 23.8 Å². The summed E-state index contributed by atoms with van der Waals surface area (Å²) >= 11 is 0. The van der Waals surface area contributed by atoms with Crippen LogP contribution in [0.2, 0.25) is 0 Å². The molecule has 0 aromatic heterocycles. The monoisotopic (exact) mass is 494 g/mol. The van der Waals surface area contributed by atoms with E-state index in [1.807, 2.05) is 49.4 Å². The Labute approximate surface area is 215 Å². The number of ether oxygens (including phenoxy) is 3. The molecule has 1 amide bonds. The van der Waals surface area contributed by atoms with Gasteiger partial charge in [0.1, 0.15) is 12.4 Å². The molecule has 4 aromatic rings. The first kappa shape index (κ1) is 25.2. The van der Waals surface area contributed by atoms with Gasteiger partial charge < -0.3 is 14.2 Å². The number of rotatable bonds is 10. The summed E-state index contributed by atoms with van der Waals surface area (Å²) in [6.45, 7) is 2.56. The molecule has 0 aliphatic carbocycles. The van der Waals surface area contributed by atoms with E-state index in [-0.39, 0.29) is 0 Å². The summed E-state index contributed by atoms with van der Waals surface area (Å²) in [5.74, 6) is 0.257. The van der Waals surface area contributed by atoms with E-state index in [9.17, 15) is 9.59 Å². The molecule has 0 saturated carbocycles. The van der Waals surface area contributed by atoms with Crippen LogP contribution in [0.4, 0.5) is 0 Å². The molecular formula is C30H26N2O5. The Hall–Kier alpha value is -4.91. The van der Waals surface area contributed by atoms with Crippen molar-refractivity contribution in [2.24, 2.45) is 5.10 Å². The summed E-state index contributed by atoms with van der Waals surface area (Å²) in [5, 5.41) is 4.07. The molecule has 7 nitrogen and oxygen atoms in total. The van der Waals surface area contributed by atoms with E-state index in [2.05, 4.69) is 10.5 Å². The van der Waals surface area contributed by atoms with Crippen molar-refractivity contribution in [1.29, 1.82) is 0 Å². The number of hydrogen-bond donors (Lipinski definition) is 1. The van der Waals surface area contributed by atoms with Crippen LogP contribution in [0.1, 0.15) is 38.8 Å². The molecule has 0 aliphatic rings. The fourth-order valence-corrected chi connectivity index (χ4v) is 3.43. The van der Waals surface area contributed by atoms with Gasteiger partial charge in [-0.2, -0.15) is 5.10 Å². The highest BCUT2D eigenvalue weighted by Gasteiger charge is 2.14. The van der Waals surface area contributed by atoms with E-state index in [1.165, 1.54) is 6.21 Å². The number of hydrogen-bond acceptors (Lipinski definition) is 6. The summed E-state index contributed by atoms with van der Waals surface area (Å²) in [5.41, 5.74) is 4.98. The van der Waals surface area contributed by atoms with Crippen LogP contribution in [0, 0.1) is 0 Å². The molecule has 0 bridgehead atoms. The second-order valence-corrected chi connectivity index (χ2v) is 7.86. The number of esters is 1. The molecule has 0 spiro atoms. The van der Waals surface area contributed by atoms with E-state index < -0.39 is 11.9 Å². The zero-order chi connectivity index (χ0) is 25.9. The SMILES string of the molecule is CCOc1cc(C=NNC(=O)c2ccccc2OCc2ccccc2)ccc1OC(=O)c1ccccc1. The Morgan fingerprint density at radius 1 is 0.784 bits per heavy atom. The summed E-state index contributed by atoms with van der Waals surface area (Å²) in [6, 6.07) is 30.4. The highest BCUT2D eigenvalue weighted by atomic mass is 16.6. The minimum Gasteiger partial charge on any atom is -0.490 e. The number of benzene rings is 4. The molecule has 0 radical (unpaired) electrons. The van der Waals surface area contributed by atoms with E-state index >= 15 is 0 Å². The lowest BCUT2D eigenvalue weighted by atomic mass is 10.2. The lowest BCUT2D eigenvalue weighted by Gasteiger charge is -2.11. The zero-order valence-electron chi connectivity index (χ0n) is 20.3. The van der Waals surface area contributed by atoms with Crippen LogP contribution in [0.15, 0.2) is 108 Å². The van der Waals surface area contributed by atoms with Gasteiger partial charge in [-0.05, 0) is 60.5 Å². The van der Waals surface area contributed by atoms with Crippen molar-refractivity contribution in [2.75, 3.05) is 6.61 Å². The van der Waals surface area contributed by atoms with Gasteiger partial charge in [-0.25, -0.2) is 10.2 Å². The van der Waals surface area contributed by atoms with Gasteiger partial charge in [-0.3, -0.25) is 4.79 Å². The summed E-state index contributed by atoms with van der Waals surface area (Å²) in [7, 11) is 0. The van der Waals surface area contributed by atoms with Gasteiger partial charge in [0.2, 0.25) is 0 Å². The smallest absolute Gasteiger partial charge is 0.343 e. The zero-order valence-corrected chi connectivity index (χ0v) is 20.3. The number of hydrazone groups is 1. The number of carbonyl (C=O) groups excluding carboxylic acids is 2. The lowest BCUT2D eigenvalue weighted by molar-refractivity contribution is 0.0728. The van der Waals surface area contributed by atoms with Gasteiger partial charge in [0.05, 0.1) is 23.9 Å². The van der Waals surface area contributed by atoms with Crippen molar-refractivity contribution in [1.82, 2.24) is 5.43 Å². The quantitative estimate of drug-likeness (QED) is 0.133. The van der Waals surface area contributed by atoms with Crippen molar-refractivity contribution >= 4 is 18.1 Å². The van der Waals surface area contributed by atoms with E-state index in [0.29, 0.717) is 47.2 Å². The third-order valence-corrected chi connectivity index (χ3v) is 5.23. The van der Waals surface area contributed by atoms with Gasteiger partial charge in [0.15, 0.2) is 11.5 Å². The fourth-order valence-electron chi connectivity index (χ4n) is 3.43. The third kappa shape index (κ3) is 7.05. The van der Waals surface area contributed by atoms with Gasteiger partial charge in [0, 0.05) is 0 Å². The molecule has 0 saturated heterocycles. The Morgan fingerprint density at radius 3 is 2.24 bits per heavy atom. The molecule has 0 fully saturated rings. The first-order chi connectivity index (χ1) is 18.1. The second kappa shape index (κ2) is 12.7. The van der Waals surface area contributed by atoms with Crippen LogP contribution < -0.4 is 19.6 Å². The minimum atomic E-state index is -0.483. The highest BCUT2D eigenvalue weighted by Crippen LogP contribution is 2.29. The van der Waals surface area contributed by atoms with Crippen LogP contribution in [0.25, 0.3) is 0 Å². The first-order valence-electron chi connectivity index (χ1n) is 11.8. The van der Waals surface area contributed by atoms with Crippen LogP contribution in [-0.2, 0) is 6.61 Å². The first-order valence-corrected chi connectivity index (χ1v) is 11.8. The van der Waals surface area contributed by atoms with Gasteiger partial charge >= 0.3 is 5.97 Å². The van der Waals surface area contributed by atoms with Crippen molar-refractivity contribution in [3.05, 3.63) is 125 Å². The third-order valence-electron chi connectivity index (χ3n) is 5.23. The molecule has 4 rings (SSSR count). The predicted molar refractivity (Wildman–Crippen MR) is 141 cm³/mol. The summed E-state index contributed by atoms with van der Waals surface area (Å²) in [4.78, 5) is 25.2. The number of nitrogens with zero attached hydrogens (tertiary/aromatic N) is 1.